The number of carbonyl (C=O) groups is 3. The van der Waals surface area contributed by atoms with Crippen LogP contribution in [0.5, 0.6) is 5.75 Å². The zero-order valence-corrected chi connectivity index (χ0v) is 28.3. The Morgan fingerprint density at radius 1 is 1.09 bits per heavy atom. The first-order valence-corrected chi connectivity index (χ1v) is 18.8. The van der Waals surface area contributed by atoms with Crippen molar-refractivity contribution in [3.8, 4) is 5.75 Å². The normalized spacial score (nSPS) is 18.3. The smallest absolute Gasteiger partial charge is 0.419 e. The molecule has 0 bridgehead atoms. The van der Waals surface area contributed by atoms with E-state index >= 15 is 0 Å². The Hall–Kier alpha value is -2.29. The average molecular weight is 737 g/mol. The van der Waals surface area contributed by atoms with Crippen molar-refractivity contribution in [2.45, 2.75) is 68.6 Å². The summed E-state index contributed by atoms with van der Waals surface area (Å²) >= 11 is 0.791. The van der Waals surface area contributed by atoms with E-state index < -0.39 is 94.8 Å². The monoisotopic (exact) mass is 736 g/mol. The van der Waals surface area contributed by atoms with E-state index in [2.05, 4.69) is 9.05 Å². The van der Waals surface area contributed by atoms with E-state index in [4.69, 9.17) is 18.3 Å². The van der Waals surface area contributed by atoms with Crippen LogP contribution >= 0.6 is 27.4 Å². The van der Waals surface area contributed by atoms with E-state index in [0.717, 1.165) is 28.8 Å². The van der Waals surface area contributed by atoms with Crippen molar-refractivity contribution >= 4 is 61.0 Å². The van der Waals surface area contributed by atoms with Gasteiger partial charge in [0.25, 0.3) is 10.1 Å². The summed E-state index contributed by atoms with van der Waals surface area (Å²) < 4.78 is 79.1. The first-order valence-electron chi connectivity index (χ1n) is 13.3. The molecule has 23 heteroatoms. The van der Waals surface area contributed by atoms with Crippen molar-refractivity contribution in [2.24, 2.45) is 0 Å². The van der Waals surface area contributed by atoms with Gasteiger partial charge in [-0.25, -0.2) is 9.13 Å². The number of rotatable bonds is 19. The molecule has 0 aromatic heterocycles. The van der Waals surface area contributed by atoms with Crippen LogP contribution in [0.3, 0.4) is 0 Å². The maximum Gasteiger partial charge on any atom is 0.473 e. The lowest BCUT2D eigenvalue weighted by molar-refractivity contribution is -0.385. The van der Waals surface area contributed by atoms with E-state index in [1.165, 1.54) is 20.8 Å². The molecule has 3 N–H and O–H groups in total. The molecule has 1 saturated heterocycles. The van der Waals surface area contributed by atoms with Crippen LogP contribution in [0.2, 0.25) is 0 Å². The quantitative estimate of drug-likeness (QED) is 0.0212. The maximum absolute atomic E-state index is 12.6. The highest BCUT2D eigenvalue weighted by molar-refractivity contribution is 8.00. The molecule has 0 saturated carbocycles. The van der Waals surface area contributed by atoms with Crippen LogP contribution in [0.25, 0.3) is 0 Å². The van der Waals surface area contributed by atoms with Gasteiger partial charge >= 0.3 is 27.3 Å². The Morgan fingerprint density at radius 3 is 2.30 bits per heavy atom. The fourth-order valence-corrected chi connectivity index (χ4v) is 7.09. The summed E-state index contributed by atoms with van der Waals surface area (Å²) in [5.41, 5.74) is -1.82. The van der Waals surface area contributed by atoms with E-state index in [1.54, 1.807) is 0 Å². The highest BCUT2D eigenvalue weighted by Crippen LogP contribution is 2.48. The van der Waals surface area contributed by atoms with Crippen LogP contribution in [0.1, 0.15) is 52.9 Å². The SMILES string of the molecule is CC(C)(C)OP(=O)(O)OCCOP(=O)(O)OCSC1CC(=O)N(CCCCCC(=O)Oc2ccc(S(=O)(=O)O)cc2[N+](=O)[O-])C1=O. The third kappa shape index (κ3) is 13.8. The summed E-state index contributed by atoms with van der Waals surface area (Å²) in [4.78, 5) is 66.9. The van der Waals surface area contributed by atoms with Gasteiger partial charge in [-0.15, -0.1) is 11.8 Å². The fraction of sp³-hybridized carbons (Fsp3) is 0.609. The number of phosphoric ester groups is 2. The Balaban J connectivity index is 1.70. The van der Waals surface area contributed by atoms with Gasteiger partial charge in [-0.2, -0.15) is 8.42 Å². The zero-order chi connectivity index (χ0) is 34.9. The zero-order valence-electron chi connectivity index (χ0n) is 24.8. The fourth-order valence-electron chi connectivity index (χ4n) is 3.69. The molecule has 1 fully saturated rings. The number of amides is 2. The maximum atomic E-state index is 12.6. The minimum atomic E-state index is -4.72. The number of benzene rings is 1. The second-order valence-electron chi connectivity index (χ2n) is 10.4. The largest absolute Gasteiger partial charge is 0.473 e. The minimum Gasteiger partial charge on any atom is -0.419 e. The molecule has 3 unspecified atom stereocenters. The van der Waals surface area contributed by atoms with Crippen molar-refractivity contribution in [3.63, 3.8) is 0 Å². The number of nitro benzene ring substituents is 1. The second-order valence-corrected chi connectivity index (χ2v) is 15.8. The van der Waals surface area contributed by atoms with Crippen LogP contribution in [-0.2, 0) is 51.7 Å². The van der Waals surface area contributed by atoms with E-state index in [0.29, 0.717) is 18.9 Å². The number of nitro groups is 1. The van der Waals surface area contributed by atoms with Gasteiger partial charge in [-0.1, -0.05) is 6.42 Å². The number of carbonyl (C=O) groups excluding carboxylic acids is 3. The van der Waals surface area contributed by atoms with Gasteiger partial charge in [-0.05, 0) is 45.7 Å². The summed E-state index contributed by atoms with van der Waals surface area (Å²) in [5.74, 6) is -2.88. The lowest BCUT2D eigenvalue weighted by Crippen LogP contribution is -2.32. The number of thioether (sulfide) groups is 1. The molecule has 3 atom stereocenters. The molecule has 0 radical (unpaired) electrons. The summed E-state index contributed by atoms with van der Waals surface area (Å²) in [6, 6.07) is 2.26. The standard InChI is InChI=1S/C23H34N2O17P2S2/c1-23(2,3)42-44(33,34)39-12-11-38-43(31,32)40-15-45-19-14-20(26)24(22(19)28)10-6-4-5-7-21(27)41-18-9-8-16(46(35,36)37)13-17(18)25(29)30/h8-9,13,19H,4-7,10-12,14-15H2,1-3H3,(H,31,32)(H,33,34)(H,35,36,37). The molecule has 0 aliphatic carbocycles. The Bertz CT molecular complexity index is 1500. The first kappa shape index (κ1) is 39.9. The molecule has 1 heterocycles. The summed E-state index contributed by atoms with van der Waals surface area (Å²) in [6.45, 7) is 3.45. The van der Waals surface area contributed by atoms with Crippen LogP contribution in [0.15, 0.2) is 23.1 Å². The number of phosphoric acid groups is 2. The highest BCUT2D eigenvalue weighted by atomic mass is 32.2. The number of imide groups is 1. The molecule has 2 rings (SSSR count). The number of likely N-dealkylation sites (tertiary alicyclic amines) is 1. The number of esters is 1. The molecular weight excluding hydrogens is 702 g/mol. The number of hydrogen-bond acceptors (Lipinski definition) is 15. The van der Waals surface area contributed by atoms with Gasteiger partial charge in [-0.3, -0.25) is 52.0 Å². The molecule has 1 aliphatic rings. The van der Waals surface area contributed by atoms with Gasteiger partial charge in [0, 0.05) is 25.5 Å². The number of ether oxygens (including phenoxy) is 1. The second kappa shape index (κ2) is 16.7. The highest BCUT2D eigenvalue weighted by Gasteiger charge is 2.39. The molecule has 46 heavy (non-hydrogen) atoms. The van der Waals surface area contributed by atoms with Gasteiger partial charge in [0.15, 0.2) is 0 Å². The van der Waals surface area contributed by atoms with E-state index in [1.807, 2.05) is 0 Å². The van der Waals surface area contributed by atoms with Crippen molar-refractivity contribution in [1.82, 2.24) is 4.90 Å². The van der Waals surface area contributed by atoms with Crippen molar-refractivity contribution < 1.29 is 74.0 Å². The molecule has 2 amide bonds. The van der Waals surface area contributed by atoms with Gasteiger partial charge in [0.1, 0.15) is 10.8 Å². The third-order valence-corrected chi connectivity index (χ3v) is 9.88. The Labute approximate surface area is 268 Å². The number of hydrogen-bond donors (Lipinski definition) is 3. The molecule has 0 spiro atoms. The van der Waals surface area contributed by atoms with Crippen LogP contribution in [0.4, 0.5) is 5.69 Å². The van der Waals surface area contributed by atoms with E-state index in [9.17, 15) is 51.8 Å². The number of nitrogens with zero attached hydrogens (tertiary/aromatic N) is 2. The molecule has 1 aliphatic heterocycles. The van der Waals surface area contributed by atoms with Crippen molar-refractivity contribution in [2.75, 3.05) is 25.7 Å². The molecule has 260 valence electrons. The summed E-state index contributed by atoms with van der Waals surface area (Å²) in [6.07, 6.45) is 0.534. The van der Waals surface area contributed by atoms with Gasteiger partial charge < -0.3 is 14.5 Å². The molecule has 19 nitrogen and oxygen atoms in total. The molecular formula is C23H34N2O17P2S2. The predicted molar refractivity (Wildman–Crippen MR) is 158 cm³/mol. The van der Waals surface area contributed by atoms with Crippen LogP contribution < -0.4 is 4.74 Å². The van der Waals surface area contributed by atoms with Crippen LogP contribution in [0, 0.1) is 10.1 Å². The lowest BCUT2D eigenvalue weighted by atomic mass is 10.2. The van der Waals surface area contributed by atoms with Gasteiger partial charge in [0.2, 0.25) is 17.6 Å². The summed E-state index contributed by atoms with van der Waals surface area (Å²) in [5, 5.41) is 10.3. The Morgan fingerprint density at radius 2 is 1.72 bits per heavy atom. The summed E-state index contributed by atoms with van der Waals surface area (Å²) in [7, 11) is -13.8. The lowest BCUT2D eigenvalue weighted by Gasteiger charge is -2.22. The third-order valence-electron chi connectivity index (χ3n) is 5.58. The van der Waals surface area contributed by atoms with Crippen LogP contribution in [-0.4, -0.2) is 86.9 Å². The first-order chi connectivity index (χ1) is 21.1. The van der Waals surface area contributed by atoms with Crippen molar-refractivity contribution in [1.29, 1.82) is 0 Å². The molecule has 1 aromatic rings. The molecule has 1 aromatic carbocycles. The minimum absolute atomic E-state index is 0.0302. The Kier molecular flexibility index (Phi) is 14.5. The topological polar surface area (TPSA) is 273 Å². The van der Waals surface area contributed by atoms with Gasteiger partial charge in [0.05, 0.1) is 29.0 Å². The number of unbranched alkanes of at least 4 members (excludes halogenated alkanes) is 2. The predicted octanol–water partition coefficient (Wildman–Crippen LogP) is 3.19. The average Bonchev–Trinajstić information content (AvgIpc) is 3.16. The van der Waals surface area contributed by atoms with E-state index in [-0.39, 0.29) is 25.8 Å². The van der Waals surface area contributed by atoms with Crippen molar-refractivity contribution in [3.05, 3.63) is 28.3 Å².